The zero-order valence-corrected chi connectivity index (χ0v) is 15.1. The van der Waals surface area contributed by atoms with Gasteiger partial charge in [0, 0.05) is 25.7 Å². The monoisotopic (exact) mass is 356 g/mol. The van der Waals surface area contributed by atoms with Crippen molar-refractivity contribution >= 4 is 11.9 Å². The van der Waals surface area contributed by atoms with Crippen LogP contribution in [-0.2, 0) is 27.2 Å². The van der Waals surface area contributed by atoms with Crippen LogP contribution in [0.5, 0.6) is 0 Å². The van der Waals surface area contributed by atoms with Gasteiger partial charge in [-0.25, -0.2) is 4.39 Å². The Hall–Kier alpha value is -2.49. The lowest BCUT2D eigenvalue weighted by Crippen LogP contribution is -2.30. The van der Waals surface area contributed by atoms with Crippen molar-refractivity contribution in [2.45, 2.75) is 51.1 Å². The molecule has 2 rings (SSSR count). The number of hydrogen-bond donors (Lipinski definition) is 0. The van der Waals surface area contributed by atoms with Crippen molar-refractivity contribution in [3.05, 3.63) is 71.8 Å². The van der Waals surface area contributed by atoms with Crippen LogP contribution in [0.15, 0.2) is 60.7 Å². The number of esters is 2. The molecule has 0 saturated carbocycles. The first-order chi connectivity index (χ1) is 12.5. The average molecular weight is 356 g/mol. The van der Waals surface area contributed by atoms with Crippen molar-refractivity contribution in [2.75, 3.05) is 0 Å². The first-order valence-electron chi connectivity index (χ1n) is 9.01. The maximum Gasteiger partial charge on any atom is 0.313 e. The van der Waals surface area contributed by atoms with E-state index in [1.54, 1.807) is 0 Å². The van der Waals surface area contributed by atoms with Crippen molar-refractivity contribution in [1.29, 1.82) is 0 Å². The predicted molar refractivity (Wildman–Crippen MR) is 99.4 cm³/mol. The highest BCUT2D eigenvalue weighted by Gasteiger charge is 2.31. The fourth-order valence-electron chi connectivity index (χ4n) is 2.92. The van der Waals surface area contributed by atoms with E-state index in [0.717, 1.165) is 11.1 Å². The number of rotatable bonds is 9. The van der Waals surface area contributed by atoms with Gasteiger partial charge in [-0.3, -0.25) is 9.59 Å². The SMILES string of the molecule is CCCC(=O)OC(=O)CCC(F)(Cc1ccccc1)Cc1ccccc1. The number of ether oxygens (including phenoxy) is 1. The molecule has 26 heavy (non-hydrogen) atoms. The van der Waals surface area contributed by atoms with E-state index in [1.165, 1.54) is 0 Å². The molecule has 4 heteroatoms. The fraction of sp³-hybridized carbons (Fsp3) is 0.364. The zero-order valence-electron chi connectivity index (χ0n) is 15.1. The van der Waals surface area contributed by atoms with E-state index in [4.69, 9.17) is 4.74 Å². The topological polar surface area (TPSA) is 43.4 Å². The second-order valence-electron chi connectivity index (χ2n) is 6.57. The van der Waals surface area contributed by atoms with Gasteiger partial charge in [-0.05, 0) is 24.0 Å². The Kier molecular flexibility index (Phi) is 7.52. The number of hydrogen-bond acceptors (Lipinski definition) is 3. The lowest BCUT2D eigenvalue weighted by Gasteiger charge is -2.25. The lowest BCUT2D eigenvalue weighted by atomic mass is 9.86. The Bertz CT molecular complexity index is 656. The molecule has 2 aromatic carbocycles. The molecule has 3 nitrogen and oxygen atoms in total. The molecule has 0 aliphatic carbocycles. The largest absolute Gasteiger partial charge is 0.393 e. The highest BCUT2D eigenvalue weighted by molar-refractivity contribution is 5.85. The summed E-state index contributed by atoms with van der Waals surface area (Å²) >= 11 is 0. The number of halogens is 1. The van der Waals surface area contributed by atoms with Crippen LogP contribution in [0.25, 0.3) is 0 Å². The fourth-order valence-corrected chi connectivity index (χ4v) is 2.92. The molecule has 0 saturated heterocycles. The van der Waals surface area contributed by atoms with Crippen LogP contribution in [0.1, 0.15) is 43.7 Å². The van der Waals surface area contributed by atoms with Gasteiger partial charge in [0.05, 0.1) is 0 Å². The van der Waals surface area contributed by atoms with Crippen LogP contribution < -0.4 is 0 Å². The smallest absolute Gasteiger partial charge is 0.313 e. The van der Waals surface area contributed by atoms with Crippen LogP contribution in [0, 0.1) is 0 Å². The maximum atomic E-state index is 15.7. The van der Waals surface area contributed by atoms with Crippen LogP contribution >= 0.6 is 0 Å². The van der Waals surface area contributed by atoms with E-state index in [1.807, 2.05) is 67.6 Å². The molecule has 0 bridgehead atoms. The number of carbonyl (C=O) groups excluding carboxylic acids is 2. The Labute approximate surface area is 154 Å². The summed E-state index contributed by atoms with van der Waals surface area (Å²) in [4.78, 5) is 23.3. The molecule has 0 radical (unpaired) electrons. The Balaban J connectivity index is 2.05. The van der Waals surface area contributed by atoms with E-state index in [0.29, 0.717) is 6.42 Å². The molecular formula is C22H25FO3. The van der Waals surface area contributed by atoms with Crippen LogP contribution in [0.3, 0.4) is 0 Å². The Morgan fingerprint density at radius 3 is 1.77 bits per heavy atom. The summed E-state index contributed by atoms with van der Waals surface area (Å²) in [5.74, 6) is -1.21. The summed E-state index contributed by atoms with van der Waals surface area (Å²) in [5, 5.41) is 0. The van der Waals surface area contributed by atoms with Gasteiger partial charge in [0.2, 0.25) is 0 Å². The van der Waals surface area contributed by atoms with Gasteiger partial charge in [-0.1, -0.05) is 67.6 Å². The standard InChI is InChI=1S/C22H25FO3/c1-2-9-20(24)26-21(25)14-15-22(23,16-18-10-5-3-6-11-18)17-19-12-7-4-8-13-19/h3-8,10-13H,2,9,14-17H2,1H3. The molecule has 0 aromatic heterocycles. The highest BCUT2D eigenvalue weighted by atomic mass is 19.1. The van der Waals surface area contributed by atoms with E-state index < -0.39 is 17.6 Å². The molecule has 0 aliphatic rings. The minimum absolute atomic E-state index is 0.00896. The van der Waals surface area contributed by atoms with E-state index >= 15 is 4.39 Å². The summed E-state index contributed by atoms with van der Waals surface area (Å²) in [6, 6.07) is 18.8. The van der Waals surface area contributed by atoms with Gasteiger partial charge in [0.15, 0.2) is 0 Å². The first-order valence-corrected chi connectivity index (χ1v) is 9.01. The van der Waals surface area contributed by atoms with Gasteiger partial charge in [-0.2, -0.15) is 0 Å². The highest BCUT2D eigenvalue weighted by Crippen LogP contribution is 2.28. The number of alkyl halides is 1. The minimum Gasteiger partial charge on any atom is -0.393 e. The Morgan fingerprint density at radius 1 is 0.846 bits per heavy atom. The van der Waals surface area contributed by atoms with E-state index in [9.17, 15) is 9.59 Å². The molecule has 0 heterocycles. The van der Waals surface area contributed by atoms with Gasteiger partial charge in [0.1, 0.15) is 5.67 Å². The molecule has 0 fully saturated rings. The van der Waals surface area contributed by atoms with E-state index in [-0.39, 0.29) is 32.1 Å². The van der Waals surface area contributed by atoms with Gasteiger partial charge >= 0.3 is 11.9 Å². The summed E-state index contributed by atoms with van der Waals surface area (Å²) < 4.78 is 20.5. The number of carbonyl (C=O) groups is 2. The normalized spacial score (nSPS) is 11.2. The average Bonchev–Trinajstić information content (AvgIpc) is 2.62. The third-order valence-corrected chi connectivity index (χ3v) is 4.19. The third-order valence-electron chi connectivity index (χ3n) is 4.19. The molecule has 0 unspecified atom stereocenters. The molecular weight excluding hydrogens is 331 g/mol. The summed E-state index contributed by atoms with van der Waals surface area (Å²) in [5.41, 5.74) is 0.165. The quantitative estimate of drug-likeness (QED) is 0.477. The van der Waals surface area contributed by atoms with Crippen molar-refractivity contribution in [1.82, 2.24) is 0 Å². The summed E-state index contributed by atoms with van der Waals surface area (Å²) in [6.07, 6.45) is 1.11. The molecule has 0 N–H and O–H groups in total. The van der Waals surface area contributed by atoms with Crippen LogP contribution in [-0.4, -0.2) is 17.6 Å². The van der Waals surface area contributed by atoms with Gasteiger partial charge < -0.3 is 4.74 Å². The van der Waals surface area contributed by atoms with Crippen molar-refractivity contribution < 1.29 is 18.7 Å². The minimum atomic E-state index is -1.59. The third kappa shape index (κ3) is 6.79. The molecule has 138 valence electrons. The molecule has 0 spiro atoms. The second-order valence-corrected chi connectivity index (χ2v) is 6.57. The molecule has 2 aromatic rings. The summed E-state index contributed by atoms with van der Waals surface area (Å²) in [7, 11) is 0. The zero-order chi connectivity index (χ0) is 18.8. The molecule has 0 amide bonds. The Morgan fingerprint density at radius 2 is 1.31 bits per heavy atom. The molecule has 0 atom stereocenters. The van der Waals surface area contributed by atoms with Crippen molar-refractivity contribution in [3.63, 3.8) is 0 Å². The lowest BCUT2D eigenvalue weighted by molar-refractivity contribution is -0.160. The van der Waals surface area contributed by atoms with Gasteiger partial charge in [0.25, 0.3) is 0 Å². The van der Waals surface area contributed by atoms with Crippen molar-refractivity contribution in [3.8, 4) is 0 Å². The predicted octanol–water partition coefficient (Wildman–Crippen LogP) is 4.83. The first kappa shape index (κ1) is 19.8. The maximum absolute atomic E-state index is 15.7. The van der Waals surface area contributed by atoms with Crippen molar-refractivity contribution in [2.24, 2.45) is 0 Å². The molecule has 0 aliphatic heterocycles. The van der Waals surface area contributed by atoms with Crippen LogP contribution in [0.4, 0.5) is 4.39 Å². The number of benzene rings is 2. The van der Waals surface area contributed by atoms with Gasteiger partial charge in [-0.15, -0.1) is 0 Å². The summed E-state index contributed by atoms with van der Waals surface area (Å²) in [6.45, 7) is 1.83. The van der Waals surface area contributed by atoms with Crippen LogP contribution in [0.2, 0.25) is 0 Å². The second kappa shape index (κ2) is 9.85. The van der Waals surface area contributed by atoms with E-state index in [2.05, 4.69) is 0 Å².